The van der Waals surface area contributed by atoms with Crippen LogP contribution in [-0.4, -0.2) is 11.0 Å². The maximum Gasteiger partial charge on any atom is 0.0573 e. The molecule has 0 aliphatic heterocycles. The summed E-state index contributed by atoms with van der Waals surface area (Å²) >= 11 is 3.46. The quantitative estimate of drug-likeness (QED) is 0.860. The fourth-order valence-corrected chi connectivity index (χ4v) is 2.53. The van der Waals surface area contributed by atoms with Crippen molar-refractivity contribution in [2.45, 2.75) is 39.3 Å². The number of pyridine rings is 1. The molecule has 1 N–H and O–H groups in total. The molecule has 0 radical (unpaired) electrons. The summed E-state index contributed by atoms with van der Waals surface area (Å²) in [7, 11) is 0. The molecule has 106 valence electrons. The Morgan fingerprint density at radius 3 is 2.65 bits per heavy atom. The zero-order chi connectivity index (χ0) is 14.4. The molecule has 1 aromatic heterocycles. The van der Waals surface area contributed by atoms with E-state index >= 15 is 0 Å². The largest absolute Gasteiger partial charge is 0.308 e. The van der Waals surface area contributed by atoms with E-state index in [0.29, 0.717) is 6.04 Å². The number of hydrogen-bond donors (Lipinski definition) is 1. The summed E-state index contributed by atoms with van der Waals surface area (Å²) < 4.78 is 1.13. The molecule has 1 unspecified atom stereocenters. The first-order valence-corrected chi connectivity index (χ1v) is 7.89. The van der Waals surface area contributed by atoms with Crippen molar-refractivity contribution >= 4 is 15.9 Å². The third-order valence-electron chi connectivity index (χ3n) is 3.44. The molecular weight excluding hydrogens is 312 g/mol. The molecule has 0 fully saturated rings. The molecule has 2 aromatic rings. The topological polar surface area (TPSA) is 24.9 Å². The van der Waals surface area contributed by atoms with Crippen molar-refractivity contribution in [1.29, 1.82) is 0 Å². The molecule has 2 nitrogen and oxygen atoms in total. The molecule has 0 aliphatic rings. The van der Waals surface area contributed by atoms with E-state index in [1.165, 1.54) is 11.1 Å². The Bertz CT molecular complexity index is 537. The Kier molecular flexibility index (Phi) is 5.74. The molecule has 0 saturated heterocycles. The fraction of sp³-hybridized carbons (Fsp3) is 0.353. The Labute approximate surface area is 129 Å². The van der Waals surface area contributed by atoms with Crippen LogP contribution in [0.15, 0.2) is 47.1 Å². The van der Waals surface area contributed by atoms with Crippen LogP contribution < -0.4 is 5.32 Å². The minimum atomic E-state index is 0.433. The van der Waals surface area contributed by atoms with Gasteiger partial charge in [0.15, 0.2) is 0 Å². The van der Waals surface area contributed by atoms with E-state index in [1.807, 2.05) is 12.3 Å². The molecule has 0 saturated carbocycles. The summed E-state index contributed by atoms with van der Waals surface area (Å²) in [6, 6.07) is 13.1. The van der Waals surface area contributed by atoms with Crippen molar-refractivity contribution in [3.8, 4) is 0 Å². The zero-order valence-corrected chi connectivity index (χ0v) is 13.7. The number of hydrogen-bond acceptors (Lipinski definition) is 2. The summed E-state index contributed by atoms with van der Waals surface area (Å²) in [6.07, 6.45) is 3.93. The molecule has 1 aromatic carbocycles. The predicted octanol–water partition coefficient (Wildman–Crippen LogP) is 4.13. The lowest BCUT2D eigenvalue weighted by molar-refractivity contribution is 0.538. The highest BCUT2D eigenvalue weighted by atomic mass is 79.9. The van der Waals surface area contributed by atoms with Gasteiger partial charge in [-0.05, 0) is 49.1 Å². The monoisotopic (exact) mass is 332 g/mol. The first-order chi connectivity index (χ1) is 9.69. The summed E-state index contributed by atoms with van der Waals surface area (Å²) in [6.45, 7) is 5.23. The van der Waals surface area contributed by atoms with Crippen LogP contribution in [0.1, 0.15) is 30.7 Å². The molecule has 0 aliphatic carbocycles. The van der Waals surface area contributed by atoms with Gasteiger partial charge in [-0.1, -0.05) is 41.1 Å². The van der Waals surface area contributed by atoms with Gasteiger partial charge in [0.25, 0.3) is 0 Å². The number of aromatic nitrogens is 1. The van der Waals surface area contributed by atoms with E-state index in [0.717, 1.165) is 29.6 Å². The summed E-state index contributed by atoms with van der Waals surface area (Å²) in [5.41, 5.74) is 3.85. The predicted molar refractivity (Wildman–Crippen MR) is 87.8 cm³/mol. The summed E-state index contributed by atoms with van der Waals surface area (Å²) in [5.74, 6) is 0. The Morgan fingerprint density at radius 2 is 1.95 bits per heavy atom. The van der Waals surface area contributed by atoms with E-state index in [2.05, 4.69) is 70.4 Å². The third-order valence-corrected chi connectivity index (χ3v) is 3.97. The van der Waals surface area contributed by atoms with Crippen molar-refractivity contribution in [3.63, 3.8) is 0 Å². The summed E-state index contributed by atoms with van der Waals surface area (Å²) in [4.78, 5) is 4.47. The van der Waals surface area contributed by atoms with Gasteiger partial charge in [0.1, 0.15) is 0 Å². The molecule has 1 atom stereocenters. The minimum absolute atomic E-state index is 0.433. The van der Waals surface area contributed by atoms with E-state index in [9.17, 15) is 0 Å². The van der Waals surface area contributed by atoms with Gasteiger partial charge in [-0.3, -0.25) is 4.98 Å². The van der Waals surface area contributed by atoms with Crippen molar-refractivity contribution in [1.82, 2.24) is 10.3 Å². The lowest BCUT2D eigenvalue weighted by Gasteiger charge is -2.15. The van der Waals surface area contributed by atoms with Gasteiger partial charge < -0.3 is 5.32 Å². The van der Waals surface area contributed by atoms with Crippen LogP contribution in [-0.2, 0) is 19.4 Å². The average molecular weight is 333 g/mol. The van der Waals surface area contributed by atoms with Crippen molar-refractivity contribution in [2.75, 3.05) is 0 Å². The highest BCUT2D eigenvalue weighted by Gasteiger charge is 2.06. The zero-order valence-electron chi connectivity index (χ0n) is 12.1. The first-order valence-electron chi connectivity index (χ1n) is 7.09. The number of rotatable bonds is 6. The van der Waals surface area contributed by atoms with Gasteiger partial charge in [-0.25, -0.2) is 0 Å². The average Bonchev–Trinajstić information content (AvgIpc) is 2.48. The normalized spacial score (nSPS) is 12.3. The van der Waals surface area contributed by atoms with Gasteiger partial charge in [0, 0.05) is 23.3 Å². The highest BCUT2D eigenvalue weighted by molar-refractivity contribution is 9.10. The lowest BCUT2D eigenvalue weighted by Crippen LogP contribution is -2.28. The smallest absolute Gasteiger partial charge is 0.0573 e. The lowest BCUT2D eigenvalue weighted by atomic mass is 10.1. The van der Waals surface area contributed by atoms with E-state index < -0.39 is 0 Å². The molecule has 1 heterocycles. The second-order valence-electron chi connectivity index (χ2n) is 5.08. The third kappa shape index (κ3) is 4.43. The first kappa shape index (κ1) is 15.2. The molecule has 20 heavy (non-hydrogen) atoms. The van der Waals surface area contributed by atoms with Crippen LogP contribution in [0.2, 0.25) is 0 Å². The maximum absolute atomic E-state index is 4.47. The van der Waals surface area contributed by atoms with Crippen molar-refractivity contribution in [2.24, 2.45) is 0 Å². The van der Waals surface area contributed by atoms with Crippen LogP contribution in [0.5, 0.6) is 0 Å². The molecule has 0 spiro atoms. The van der Waals surface area contributed by atoms with Gasteiger partial charge >= 0.3 is 0 Å². The van der Waals surface area contributed by atoms with Crippen LogP contribution in [0.4, 0.5) is 0 Å². The van der Waals surface area contributed by atoms with Crippen LogP contribution in [0.25, 0.3) is 0 Å². The number of aryl methyl sites for hydroxylation is 1. The molecule has 0 amide bonds. The number of nitrogens with zero attached hydrogens (tertiary/aromatic N) is 1. The second kappa shape index (κ2) is 7.55. The number of nitrogens with one attached hydrogen (secondary N) is 1. The fourth-order valence-electron chi connectivity index (χ4n) is 2.27. The van der Waals surface area contributed by atoms with E-state index in [-0.39, 0.29) is 0 Å². The minimum Gasteiger partial charge on any atom is -0.308 e. The molecular formula is C17H21BrN2. The maximum atomic E-state index is 4.47. The van der Waals surface area contributed by atoms with Crippen LogP contribution in [0.3, 0.4) is 0 Å². The van der Waals surface area contributed by atoms with Crippen molar-refractivity contribution in [3.05, 3.63) is 63.9 Å². The van der Waals surface area contributed by atoms with Gasteiger partial charge in [-0.15, -0.1) is 0 Å². The Morgan fingerprint density at radius 1 is 1.20 bits per heavy atom. The SMILES string of the molecule is CCc1cccnc1CNC(C)Cc1ccc(Br)cc1. The summed E-state index contributed by atoms with van der Waals surface area (Å²) in [5, 5.41) is 3.56. The van der Waals surface area contributed by atoms with Crippen LogP contribution >= 0.6 is 15.9 Å². The number of halogens is 1. The van der Waals surface area contributed by atoms with E-state index in [4.69, 9.17) is 0 Å². The molecule has 2 rings (SSSR count). The Balaban J connectivity index is 1.88. The molecule has 0 bridgehead atoms. The van der Waals surface area contributed by atoms with Gasteiger partial charge in [0.05, 0.1) is 5.69 Å². The van der Waals surface area contributed by atoms with Crippen LogP contribution in [0, 0.1) is 0 Å². The standard InChI is InChI=1S/C17H21BrN2/c1-3-15-5-4-10-19-17(15)12-20-13(2)11-14-6-8-16(18)9-7-14/h4-10,13,20H,3,11-12H2,1-2H3. The second-order valence-corrected chi connectivity index (χ2v) is 5.99. The van der Waals surface area contributed by atoms with Crippen molar-refractivity contribution < 1.29 is 0 Å². The Hall–Kier alpha value is -1.19. The van der Waals surface area contributed by atoms with Gasteiger partial charge in [0.2, 0.25) is 0 Å². The highest BCUT2D eigenvalue weighted by Crippen LogP contribution is 2.12. The van der Waals surface area contributed by atoms with E-state index in [1.54, 1.807) is 0 Å². The van der Waals surface area contributed by atoms with Gasteiger partial charge in [-0.2, -0.15) is 0 Å². The molecule has 3 heteroatoms. The number of benzene rings is 1.